The zero-order valence-corrected chi connectivity index (χ0v) is 17.7. The summed E-state index contributed by atoms with van der Waals surface area (Å²) in [4.78, 5) is 29.0. The van der Waals surface area contributed by atoms with Gasteiger partial charge in [0.25, 0.3) is 5.56 Å². The third-order valence-corrected chi connectivity index (χ3v) is 6.11. The molecule has 0 radical (unpaired) electrons. The second-order valence-electron chi connectivity index (χ2n) is 7.36. The Kier molecular flexibility index (Phi) is 4.92. The molecule has 8 nitrogen and oxygen atoms in total. The van der Waals surface area contributed by atoms with Gasteiger partial charge in [0.05, 0.1) is 23.2 Å². The molecule has 0 aromatic carbocycles. The Morgan fingerprint density at radius 3 is 2.87 bits per heavy atom. The summed E-state index contributed by atoms with van der Waals surface area (Å²) in [6.45, 7) is 6.11. The van der Waals surface area contributed by atoms with Crippen LogP contribution < -0.4 is 5.56 Å². The van der Waals surface area contributed by atoms with E-state index in [0.29, 0.717) is 18.7 Å². The van der Waals surface area contributed by atoms with Crippen molar-refractivity contribution in [3.63, 3.8) is 0 Å². The molecular formula is C21H22N6O2S. The standard InChI is InChI=1S/C21H22N6O2S/c1-3-30-21-22-9-14(10-23-21)11-26-6-4-17-16(12-26)20(28)27-19(24-17)8-18(25-27)15-5-7-29-13(15)2/h5,7-10,25H,3-4,6,11-12H2,1-2H3. The molecule has 5 rings (SSSR count). The number of H-pyrrole nitrogens is 1. The summed E-state index contributed by atoms with van der Waals surface area (Å²) in [5, 5.41) is 3.98. The average Bonchev–Trinajstić information content (AvgIpc) is 3.36. The summed E-state index contributed by atoms with van der Waals surface area (Å²) >= 11 is 1.63. The molecule has 4 aromatic heterocycles. The number of hydrogen-bond acceptors (Lipinski definition) is 7. The van der Waals surface area contributed by atoms with Crippen LogP contribution in [-0.2, 0) is 19.5 Å². The molecule has 30 heavy (non-hydrogen) atoms. The molecule has 9 heteroatoms. The predicted molar refractivity (Wildman–Crippen MR) is 114 cm³/mol. The summed E-state index contributed by atoms with van der Waals surface area (Å²) < 4.78 is 6.92. The third kappa shape index (κ3) is 3.44. The number of fused-ring (bicyclic) bond motifs is 2. The van der Waals surface area contributed by atoms with E-state index in [2.05, 4.69) is 26.9 Å². The fourth-order valence-corrected chi connectivity index (χ4v) is 4.37. The SMILES string of the molecule is CCSc1ncc(CN2CCc3nc4cc(-c5ccoc5C)[nH]n4c(=O)c3C2)cn1. The molecule has 0 aliphatic carbocycles. The van der Waals surface area contributed by atoms with E-state index in [4.69, 9.17) is 9.40 Å². The number of rotatable bonds is 5. The Labute approximate surface area is 177 Å². The van der Waals surface area contributed by atoms with Gasteiger partial charge in [-0.25, -0.2) is 19.5 Å². The van der Waals surface area contributed by atoms with Crippen LogP contribution in [0, 0.1) is 6.92 Å². The smallest absolute Gasteiger partial charge is 0.277 e. The van der Waals surface area contributed by atoms with Crippen LogP contribution in [0.1, 0.15) is 29.5 Å². The quantitative estimate of drug-likeness (QED) is 0.390. The van der Waals surface area contributed by atoms with Gasteiger partial charge in [0.2, 0.25) is 0 Å². The van der Waals surface area contributed by atoms with Gasteiger partial charge in [0.15, 0.2) is 10.8 Å². The van der Waals surface area contributed by atoms with Crippen LogP contribution in [0.4, 0.5) is 0 Å². The molecule has 1 N–H and O–H groups in total. The van der Waals surface area contributed by atoms with E-state index in [1.165, 1.54) is 4.52 Å². The van der Waals surface area contributed by atoms with E-state index in [1.54, 1.807) is 18.0 Å². The molecule has 154 valence electrons. The highest BCUT2D eigenvalue weighted by molar-refractivity contribution is 7.99. The number of nitrogens with zero attached hydrogens (tertiary/aromatic N) is 5. The summed E-state index contributed by atoms with van der Waals surface area (Å²) in [5.74, 6) is 1.75. The van der Waals surface area contributed by atoms with Crippen LogP contribution in [0.2, 0.25) is 0 Å². The molecule has 0 amide bonds. The van der Waals surface area contributed by atoms with Crippen molar-refractivity contribution in [3.8, 4) is 11.3 Å². The summed E-state index contributed by atoms with van der Waals surface area (Å²) in [7, 11) is 0. The number of nitrogens with one attached hydrogen (secondary N) is 1. The van der Waals surface area contributed by atoms with E-state index in [9.17, 15) is 4.79 Å². The van der Waals surface area contributed by atoms with Crippen LogP contribution in [0.3, 0.4) is 0 Å². The normalized spacial score (nSPS) is 14.3. The van der Waals surface area contributed by atoms with Gasteiger partial charge in [-0.2, -0.15) is 0 Å². The zero-order chi connectivity index (χ0) is 20.7. The maximum absolute atomic E-state index is 13.2. The second kappa shape index (κ2) is 7.73. The molecular weight excluding hydrogens is 400 g/mol. The molecule has 0 saturated carbocycles. The fourth-order valence-electron chi connectivity index (χ4n) is 3.86. The molecule has 0 spiro atoms. The van der Waals surface area contributed by atoms with Gasteiger partial charge in [-0.3, -0.25) is 14.8 Å². The minimum atomic E-state index is -0.0435. The number of aromatic nitrogens is 5. The number of aromatic amines is 1. The molecule has 0 saturated heterocycles. The van der Waals surface area contributed by atoms with Gasteiger partial charge in [-0.15, -0.1) is 0 Å². The van der Waals surface area contributed by atoms with E-state index < -0.39 is 0 Å². The average molecular weight is 423 g/mol. The van der Waals surface area contributed by atoms with Crippen molar-refractivity contribution in [2.24, 2.45) is 0 Å². The molecule has 0 fully saturated rings. The van der Waals surface area contributed by atoms with Gasteiger partial charge >= 0.3 is 0 Å². The summed E-state index contributed by atoms with van der Waals surface area (Å²) in [5.41, 5.74) is 5.03. The maximum atomic E-state index is 13.2. The topological polar surface area (TPSA) is 92.3 Å². The summed E-state index contributed by atoms with van der Waals surface area (Å²) in [6.07, 6.45) is 6.14. The van der Waals surface area contributed by atoms with Crippen LogP contribution in [0.25, 0.3) is 16.9 Å². The van der Waals surface area contributed by atoms with E-state index in [1.807, 2.05) is 31.5 Å². The van der Waals surface area contributed by atoms with Gasteiger partial charge < -0.3 is 4.42 Å². The number of aryl methyl sites for hydroxylation is 1. The van der Waals surface area contributed by atoms with Crippen molar-refractivity contribution in [1.82, 2.24) is 29.5 Å². The first-order valence-electron chi connectivity index (χ1n) is 9.96. The highest BCUT2D eigenvalue weighted by Gasteiger charge is 2.23. The van der Waals surface area contributed by atoms with Gasteiger partial charge in [0.1, 0.15) is 5.76 Å². The summed E-state index contributed by atoms with van der Waals surface area (Å²) in [6, 6.07) is 3.79. The molecule has 5 heterocycles. The number of furan rings is 1. The van der Waals surface area contributed by atoms with Crippen LogP contribution in [-0.4, -0.2) is 41.8 Å². The van der Waals surface area contributed by atoms with Crippen molar-refractivity contribution in [1.29, 1.82) is 0 Å². The van der Waals surface area contributed by atoms with Crippen molar-refractivity contribution >= 4 is 17.4 Å². The molecule has 1 aliphatic rings. The van der Waals surface area contributed by atoms with E-state index >= 15 is 0 Å². The van der Waals surface area contributed by atoms with Crippen molar-refractivity contribution < 1.29 is 4.42 Å². The Balaban J connectivity index is 1.41. The minimum Gasteiger partial charge on any atom is -0.469 e. The lowest BCUT2D eigenvalue weighted by atomic mass is 10.1. The first-order valence-corrected chi connectivity index (χ1v) is 10.9. The van der Waals surface area contributed by atoms with Crippen molar-refractivity contribution in [3.05, 3.63) is 63.7 Å². The van der Waals surface area contributed by atoms with Gasteiger partial charge in [-0.05, 0) is 18.7 Å². The Hall–Kier alpha value is -2.91. The second-order valence-corrected chi connectivity index (χ2v) is 8.59. The predicted octanol–water partition coefficient (Wildman–Crippen LogP) is 3.05. The van der Waals surface area contributed by atoms with Crippen LogP contribution >= 0.6 is 11.8 Å². The van der Waals surface area contributed by atoms with Crippen LogP contribution in [0.5, 0.6) is 0 Å². The molecule has 0 bridgehead atoms. The molecule has 0 unspecified atom stereocenters. The van der Waals surface area contributed by atoms with E-state index in [0.717, 1.165) is 57.7 Å². The zero-order valence-electron chi connectivity index (χ0n) is 16.9. The minimum absolute atomic E-state index is 0.0435. The lowest BCUT2D eigenvalue weighted by Gasteiger charge is -2.27. The van der Waals surface area contributed by atoms with Crippen molar-refractivity contribution in [2.75, 3.05) is 12.3 Å². The highest BCUT2D eigenvalue weighted by atomic mass is 32.2. The first-order chi connectivity index (χ1) is 14.6. The third-order valence-electron chi connectivity index (χ3n) is 5.35. The molecule has 4 aromatic rings. The molecule has 0 atom stereocenters. The number of hydrogen-bond donors (Lipinski definition) is 1. The Bertz CT molecular complexity index is 1260. The molecule has 1 aliphatic heterocycles. The first kappa shape index (κ1) is 19.1. The van der Waals surface area contributed by atoms with Gasteiger partial charge in [0, 0.05) is 55.6 Å². The van der Waals surface area contributed by atoms with Crippen LogP contribution in [0.15, 0.2) is 45.2 Å². The highest BCUT2D eigenvalue weighted by Crippen LogP contribution is 2.24. The monoisotopic (exact) mass is 422 g/mol. The Morgan fingerprint density at radius 2 is 2.13 bits per heavy atom. The Morgan fingerprint density at radius 1 is 1.30 bits per heavy atom. The maximum Gasteiger partial charge on any atom is 0.277 e. The lowest BCUT2D eigenvalue weighted by molar-refractivity contribution is 0.241. The number of thioether (sulfide) groups is 1. The largest absolute Gasteiger partial charge is 0.469 e. The van der Waals surface area contributed by atoms with Crippen molar-refractivity contribution in [2.45, 2.75) is 38.5 Å². The van der Waals surface area contributed by atoms with E-state index in [-0.39, 0.29) is 5.56 Å². The fraction of sp³-hybridized carbons (Fsp3) is 0.333. The van der Waals surface area contributed by atoms with Gasteiger partial charge in [-0.1, -0.05) is 18.7 Å². The lowest BCUT2D eigenvalue weighted by Crippen LogP contribution is -2.36.